The lowest BCUT2D eigenvalue weighted by Crippen LogP contribution is -2.18. The molecule has 0 aliphatic rings. The number of thioether (sulfide) groups is 1. The Kier molecular flexibility index (Phi) is 6.35. The maximum atomic E-state index is 11.9. The first kappa shape index (κ1) is 15.2. The van der Waals surface area contributed by atoms with Crippen molar-refractivity contribution in [1.82, 2.24) is 5.32 Å². The first-order valence-electron chi connectivity index (χ1n) is 5.64. The summed E-state index contributed by atoms with van der Waals surface area (Å²) in [7, 11) is 0. The molecule has 0 aliphatic carbocycles. The van der Waals surface area contributed by atoms with E-state index in [0.29, 0.717) is 19.7 Å². The molecule has 0 aromatic heterocycles. The highest BCUT2D eigenvalue weighted by atomic mass is 32.2. The van der Waals surface area contributed by atoms with Crippen LogP contribution in [0.4, 0.5) is 13.2 Å². The Labute approximate surface area is 109 Å². The van der Waals surface area contributed by atoms with Gasteiger partial charge < -0.3 is 10.1 Å². The van der Waals surface area contributed by atoms with Crippen LogP contribution in [0.5, 0.6) is 5.75 Å². The van der Waals surface area contributed by atoms with Crippen LogP contribution in [0.2, 0.25) is 0 Å². The van der Waals surface area contributed by atoms with E-state index >= 15 is 0 Å². The third kappa shape index (κ3) is 6.76. The molecule has 0 heterocycles. The van der Waals surface area contributed by atoms with E-state index in [-0.39, 0.29) is 17.5 Å². The lowest BCUT2D eigenvalue weighted by Gasteiger charge is -2.08. The van der Waals surface area contributed by atoms with Gasteiger partial charge in [0.25, 0.3) is 0 Å². The van der Waals surface area contributed by atoms with Crippen LogP contribution < -0.4 is 10.1 Å². The lowest BCUT2D eigenvalue weighted by molar-refractivity contribution is -0.0327. The number of halogens is 3. The van der Waals surface area contributed by atoms with Gasteiger partial charge in [-0.15, -0.1) is 0 Å². The standard InChI is InChI=1S/C12H16F3NOS/c1-2-17-11-5-3-4-10(8-11)9-16-6-7-18-12(13,14)15/h3-5,8,16H,2,6-7,9H2,1H3. The summed E-state index contributed by atoms with van der Waals surface area (Å²) in [5.41, 5.74) is -3.14. The Bertz CT molecular complexity index is 357. The van der Waals surface area contributed by atoms with Gasteiger partial charge in [-0.2, -0.15) is 13.2 Å². The molecular formula is C12H16F3NOS. The van der Waals surface area contributed by atoms with Crippen LogP contribution in [0.25, 0.3) is 0 Å². The highest BCUT2D eigenvalue weighted by Gasteiger charge is 2.27. The summed E-state index contributed by atoms with van der Waals surface area (Å²) in [6, 6.07) is 7.51. The average Bonchev–Trinajstić information content (AvgIpc) is 2.28. The predicted octanol–water partition coefficient (Wildman–Crippen LogP) is 3.43. The van der Waals surface area contributed by atoms with Gasteiger partial charge in [0.15, 0.2) is 0 Å². The fourth-order valence-corrected chi connectivity index (χ4v) is 1.86. The van der Waals surface area contributed by atoms with Crippen LogP contribution >= 0.6 is 11.8 Å². The maximum Gasteiger partial charge on any atom is 0.441 e. The first-order chi connectivity index (χ1) is 8.51. The Morgan fingerprint density at radius 3 is 2.78 bits per heavy atom. The zero-order valence-corrected chi connectivity index (χ0v) is 10.9. The van der Waals surface area contributed by atoms with Gasteiger partial charge in [-0.25, -0.2) is 0 Å². The molecule has 0 aliphatic heterocycles. The summed E-state index contributed by atoms with van der Waals surface area (Å²) in [5.74, 6) is 0.802. The van der Waals surface area contributed by atoms with Gasteiger partial charge in [0, 0.05) is 18.8 Å². The number of hydrogen-bond acceptors (Lipinski definition) is 3. The van der Waals surface area contributed by atoms with E-state index in [1.807, 2.05) is 31.2 Å². The smallest absolute Gasteiger partial charge is 0.441 e. The van der Waals surface area contributed by atoms with E-state index in [1.54, 1.807) is 0 Å². The lowest BCUT2D eigenvalue weighted by atomic mass is 10.2. The molecule has 1 N–H and O–H groups in total. The Morgan fingerprint density at radius 1 is 1.33 bits per heavy atom. The Balaban J connectivity index is 2.24. The molecule has 1 rings (SSSR count). The molecule has 0 atom stereocenters. The van der Waals surface area contributed by atoms with Gasteiger partial charge in [-0.05, 0) is 36.4 Å². The molecule has 1 aromatic carbocycles. The largest absolute Gasteiger partial charge is 0.494 e. The molecule has 0 fully saturated rings. The molecule has 18 heavy (non-hydrogen) atoms. The van der Waals surface area contributed by atoms with Crippen molar-refractivity contribution in [2.75, 3.05) is 18.9 Å². The van der Waals surface area contributed by atoms with Crippen molar-refractivity contribution >= 4 is 11.8 Å². The van der Waals surface area contributed by atoms with Crippen LogP contribution in [0.15, 0.2) is 24.3 Å². The zero-order chi connectivity index (χ0) is 13.4. The van der Waals surface area contributed by atoms with Crippen molar-refractivity contribution in [3.05, 3.63) is 29.8 Å². The molecule has 0 radical (unpaired) electrons. The zero-order valence-electron chi connectivity index (χ0n) is 10.1. The third-order valence-electron chi connectivity index (χ3n) is 2.08. The molecule has 0 bridgehead atoms. The first-order valence-corrected chi connectivity index (χ1v) is 6.63. The van der Waals surface area contributed by atoms with Crippen molar-refractivity contribution in [2.24, 2.45) is 0 Å². The second kappa shape index (κ2) is 7.53. The highest BCUT2D eigenvalue weighted by Crippen LogP contribution is 2.29. The number of nitrogens with one attached hydrogen (secondary N) is 1. The second-order valence-corrected chi connectivity index (χ2v) is 4.71. The number of alkyl halides is 3. The summed E-state index contributed by atoms with van der Waals surface area (Å²) in [4.78, 5) is 0. The van der Waals surface area contributed by atoms with E-state index in [0.717, 1.165) is 11.3 Å². The van der Waals surface area contributed by atoms with E-state index in [1.165, 1.54) is 0 Å². The van der Waals surface area contributed by atoms with Crippen LogP contribution in [0.1, 0.15) is 12.5 Å². The van der Waals surface area contributed by atoms with Gasteiger partial charge in [-0.3, -0.25) is 0 Å². The van der Waals surface area contributed by atoms with Crippen molar-refractivity contribution < 1.29 is 17.9 Å². The molecule has 2 nitrogen and oxygen atoms in total. The number of ether oxygens (including phenoxy) is 1. The summed E-state index contributed by atoms with van der Waals surface area (Å²) >= 11 is -0.00720. The minimum atomic E-state index is -4.14. The van der Waals surface area contributed by atoms with Crippen LogP contribution in [-0.4, -0.2) is 24.4 Å². The predicted molar refractivity (Wildman–Crippen MR) is 67.8 cm³/mol. The van der Waals surface area contributed by atoms with Crippen LogP contribution in [-0.2, 0) is 6.54 Å². The van der Waals surface area contributed by atoms with Crippen molar-refractivity contribution in [2.45, 2.75) is 19.0 Å². The molecule has 0 unspecified atom stereocenters. The monoisotopic (exact) mass is 279 g/mol. The number of benzene rings is 1. The van der Waals surface area contributed by atoms with E-state index in [9.17, 15) is 13.2 Å². The normalized spacial score (nSPS) is 11.6. The topological polar surface area (TPSA) is 21.3 Å². The summed E-state index contributed by atoms with van der Waals surface area (Å²) in [6.45, 7) is 3.36. The van der Waals surface area contributed by atoms with Gasteiger partial charge >= 0.3 is 5.51 Å². The van der Waals surface area contributed by atoms with Gasteiger partial charge in [0.2, 0.25) is 0 Å². The van der Waals surface area contributed by atoms with E-state index in [2.05, 4.69) is 5.32 Å². The fraction of sp³-hybridized carbons (Fsp3) is 0.500. The minimum Gasteiger partial charge on any atom is -0.494 e. The third-order valence-corrected chi connectivity index (χ3v) is 2.82. The van der Waals surface area contributed by atoms with Crippen LogP contribution in [0.3, 0.4) is 0 Å². The average molecular weight is 279 g/mol. The Morgan fingerprint density at radius 2 is 2.11 bits per heavy atom. The molecule has 0 amide bonds. The van der Waals surface area contributed by atoms with E-state index < -0.39 is 5.51 Å². The molecule has 6 heteroatoms. The summed E-state index contributed by atoms with van der Waals surface area (Å²) in [5, 5.41) is 2.97. The molecule has 1 aromatic rings. The summed E-state index contributed by atoms with van der Waals surface area (Å²) in [6.07, 6.45) is 0. The van der Waals surface area contributed by atoms with Crippen LogP contribution in [0, 0.1) is 0 Å². The number of rotatable bonds is 7. The van der Waals surface area contributed by atoms with Crippen molar-refractivity contribution in [3.8, 4) is 5.75 Å². The molecule has 0 saturated heterocycles. The number of hydrogen-bond donors (Lipinski definition) is 1. The fourth-order valence-electron chi connectivity index (χ4n) is 1.38. The van der Waals surface area contributed by atoms with Crippen molar-refractivity contribution in [3.63, 3.8) is 0 Å². The second-order valence-electron chi connectivity index (χ2n) is 3.55. The molecular weight excluding hydrogens is 263 g/mol. The van der Waals surface area contributed by atoms with E-state index in [4.69, 9.17) is 4.74 Å². The molecule has 102 valence electrons. The van der Waals surface area contributed by atoms with Gasteiger partial charge in [0.05, 0.1) is 6.61 Å². The maximum absolute atomic E-state index is 11.9. The van der Waals surface area contributed by atoms with Gasteiger partial charge in [0.1, 0.15) is 5.75 Å². The Hall–Kier alpha value is -0.880. The molecule has 0 spiro atoms. The minimum absolute atomic E-state index is 0.00720. The molecule has 0 saturated carbocycles. The SMILES string of the molecule is CCOc1cccc(CNCCSC(F)(F)F)c1. The quantitative estimate of drug-likeness (QED) is 0.773. The highest BCUT2D eigenvalue weighted by molar-refractivity contribution is 8.00. The summed E-state index contributed by atoms with van der Waals surface area (Å²) < 4.78 is 40.9. The van der Waals surface area contributed by atoms with Gasteiger partial charge in [-0.1, -0.05) is 12.1 Å². The van der Waals surface area contributed by atoms with Crippen molar-refractivity contribution in [1.29, 1.82) is 0 Å².